The lowest BCUT2D eigenvalue weighted by atomic mass is 9.91. The molecule has 2 aliphatic carbocycles. The van der Waals surface area contributed by atoms with Crippen molar-refractivity contribution < 1.29 is 30.6 Å². The van der Waals surface area contributed by atoms with Crippen molar-refractivity contribution in [2.75, 3.05) is 0 Å². The summed E-state index contributed by atoms with van der Waals surface area (Å²) in [4.78, 5) is 10.6. The topological polar surface area (TPSA) is 60.4 Å². The molecular formula is C15H21F3O4S. The number of ketones is 1. The first-order valence-corrected chi connectivity index (χ1v) is 8.46. The summed E-state index contributed by atoms with van der Waals surface area (Å²) in [5.41, 5.74) is -5.46. The molecule has 4 nitrogen and oxygen atoms in total. The van der Waals surface area contributed by atoms with Gasteiger partial charge < -0.3 is 4.18 Å². The highest BCUT2D eigenvalue weighted by Crippen LogP contribution is 2.39. The monoisotopic (exact) mass is 354 g/mol. The predicted molar refractivity (Wildman–Crippen MR) is 79.7 cm³/mol. The molecule has 0 saturated heterocycles. The van der Waals surface area contributed by atoms with Gasteiger partial charge in [-0.15, -0.1) is 0 Å². The van der Waals surface area contributed by atoms with E-state index in [0.29, 0.717) is 12.8 Å². The van der Waals surface area contributed by atoms with Crippen LogP contribution in [0.3, 0.4) is 0 Å². The van der Waals surface area contributed by atoms with Crippen molar-refractivity contribution in [2.45, 2.75) is 52.5 Å². The van der Waals surface area contributed by atoms with E-state index in [-0.39, 0.29) is 28.8 Å². The number of carbonyl (C=O) groups is 1. The highest BCUT2D eigenvalue weighted by Gasteiger charge is 2.49. The van der Waals surface area contributed by atoms with Crippen molar-refractivity contribution in [3.05, 3.63) is 24.0 Å². The lowest BCUT2D eigenvalue weighted by Gasteiger charge is -2.16. The first kappa shape index (κ1) is 19.7. The molecule has 0 amide bonds. The minimum atomic E-state index is -5.50. The molecule has 0 heterocycles. The van der Waals surface area contributed by atoms with Gasteiger partial charge in [-0.25, -0.2) is 0 Å². The van der Waals surface area contributed by atoms with Gasteiger partial charge in [0.15, 0.2) is 5.78 Å². The number of hydrogen-bond donors (Lipinski definition) is 0. The van der Waals surface area contributed by atoms with Crippen LogP contribution in [-0.4, -0.2) is 19.7 Å². The molecule has 132 valence electrons. The summed E-state index contributed by atoms with van der Waals surface area (Å²) >= 11 is 0. The van der Waals surface area contributed by atoms with E-state index in [0.717, 1.165) is 0 Å². The van der Waals surface area contributed by atoms with E-state index in [2.05, 4.69) is 18.0 Å². The molecular weight excluding hydrogens is 333 g/mol. The van der Waals surface area contributed by atoms with Crippen LogP contribution < -0.4 is 0 Å². The molecule has 0 bridgehead atoms. The summed E-state index contributed by atoms with van der Waals surface area (Å²) < 4.78 is 61.1. The van der Waals surface area contributed by atoms with Gasteiger partial charge in [0.05, 0.1) is 0 Å². The van der Waals surface area contributed by atoms with Crippen LogP contribution in [0, 0.1) is 10.8 Å². The maximum Gasteiger partial charge on any atom is 0.534 e. The Morgan fingerprint density at radius 1 is 1.13 bits per heavy atom. The number of halogens is 3. The summed E-state index contributed by atoms with van der Waals surface area (Å²) in [6.45, 7) is 7.77. The Hall–Kier alpha value is -1.31. The van der Waals surface area contributed by atoms with Gasteiger partial charge in [0.25, 0.3) is 0 Å². The minimum Gasteiger partial charge on any atom is -0.381 e. The first-order chi connectivity index (χ1) is 10.1. The second-order valence-corrected chi connectivity index (χ2v) is 8.70. The van der Waals surface area contributed by atoms with Crippen LogP contribution in [0.15, 0.2) is 24.0 Å². The lowest BCUT2D eigenvalue weighted by molar-refractivity contribution is -0.115. The highest BCUT2D eigenvalue weighted by atomic mass is 32.2. The fourth-order valence-corrected chi connectivity index (χ4v) is 2.65. The summed E-state index contributed by atoms with van der Waals surface area (Å²) in [5, 5.41) is 0. The largest absolute Gasteiger partial charge is 0.534 e. The molecule has 0 aliphatic heterocycles. The van der Waals surface area contributed by atoms with Crippen LogP contribution >= 0.6 is 0 Å². The van der Waals surface area contributed by atoms with E-state index < -0.39 is 15.6 Å². The Labute approximate surface area is 134 Å². The zero-order chi connectivity index (χ0) is 18.1. The van der Waals surface area contributed by atoms with Crippen LogP contribution in [0.2, 0.25) is 0 Å². The number of allylic oxidation sites excluding steroid dienone is 4. The van der Waals surface area contributed by atoms with E-state index in [4.69, 9.17) is 0 Å². The van der Waals surface area contributed by atoms with Crippen LogP contribution in [0.25, 0.3) is 0 Å². The predicted octanol–water partition coefficient (Wildman–Crippen LogP) is 4.10. The molecule has 0 saturated carbocycles. The van der Waals surface area contributed by atoms with Gasteiger partial charge in [0.2, 0.25) is 0 Å². The lowest BCUT2D eigenvalue weighted by Crippen LogP contribution is -2.25. The van der Waals surface area contributed by atoms with Crippen LogP contribution in [-0.2, 0) is 19.1 Å². The normalized spacial score (nSPS) is 22.4. The van der Waals surface area contributed by atoms with E-state index in [9.17, 15) is 26.4 Å². The zero-order valence-electron chi connectivity index (χ0n) is 13.5. The quantitative estimate of drug-likeness (QED) is 0.553. The van der Waals surface area contributed by atoms with Crippen molar-refractivity contribution in [3.63, 3.8) is 0 Å². The van der Waals surface area contributed by atoms with Crippen molar-refractivity contribution in [2.24, 2.45) is 10.8 Å². The molecule has 0 aromatic carbocycles. The summed E-state index contributed by atoms with van der Waals surface area (Å²) in [6, 6.07) is 0. The average Bonchev–Trinajstić information content (AvgIpc) is 2.79. The summed E-state index contributed by atoms with van der Waals surface area (Å²) in [6.07, 6.45) is 6.41. The molecule has 0 unspecified atom stereocenters. The second kappa shape index (κ2) is 6.30. The number of carbonyl (C=O) groups excluding carboxylic acids is 1. The number of rotatable bonds is 2. The molecule has 0 aromatic heterocycles. The Morgan fingerprint density at radius 3 is 1.96 bits per heavy atom. The fraction of sp³-hybridized carbons (Fsp3) is 0.667. The van der Waals surface area contributed by atoms with Gasteiger partial charge in [0.1, 0.15) is 5.76 Å². The van der Waals surface area contributed by atoms with E-state index in [1.807, 2.05) is 19.9 Å². The molecule has 8 heteroatoms. The third-order valence-electron chi connectivity index (χ3n) is 3.39. The first-order valence-electron chi connectivity index (χ1n) is 7.05. The molecule has 0 N–H and O–H groups in total. The van der Waals surface area contributed by atoms with Gasteiger partial charge in [-0.05, 0) is 29.4 Å². The van der Waals surface area contributed by atoms with E-state index >= 15 is 0 Å². The molecule has 2 aliphatic rings. The third kappa shape index (κ3) is 6.01. The maximum atomic E-state index is 11.9. The molecule has 0 radical (unpaired) electrons. The molecule has 2 rings (SSSR count). The van der Waals surface area contributed by atoms with Gasteiger partial charge in [-0.3, -0.25) is 4.79 Å². The van der Waals surface area contributed by atoms with Gasteiger partial charge >= 0.3 is 15.6 Å². The van der Waals surface area contributed by atoms with Gasteiger partial charge in [0, 0.05) is 12.8 Å². The fourth-order valence-electron chi connectivity index (χ4n) is 2.14. The van der Waals surface area contributed by atoms with Crippen LogP contribution in [0.1, 0.15) is 47.0 Å². The number of hydrogen-bond acceptors (Lipinski definition) is 4. The van der Waals surface area contributed by atoms with E-state index in [1.54, 1.807) is 6.08 Å². The summed E-state index contributed by atoms with van der Waals surface area (Å²) in [7, 11) is -5.50. The summed E-state index contributed by atoms with van der Waals surface area (Å²) in [5.74, 6) is 0.132. The minimum absolute atomic E-state index is 0.127. The number of alkyl halides is 3. The standard InChI is InChI=1S/C8H11F3O3S.C7H10O/c1-7(2)4-3-6(5-7)14-15(12,13)8(9,10)11;1-7(2)4-3-6(8)5-7/h3H,4-5H2,1-2H3;3-4H,5H2,1-2H3. The van der Waals surface area contributed by atoms with Crippen molar-refractivity contribution >= 4 is 15.9 Å². The Balaban J connectivity index is 0.000000277. The van der Waals surface area contributed by atoms with Crippen LogP contribution in [0.4, 0.5) is 13.2 Å². The average molecular weight is 354 g/mol. The van der Waals surface area contributed by atoms with Crippen molar-refractivity contribution in [3.8, 4) is 0 Å². The van der Waals surface area contributed by atoms with Gasteiger partial charge in [-0.2, -0.15) is 21.6 Å². The molecule has 0 aromatic rings. The van der Waals surface area contributed by atoms with Crippen molar-refractivity contribution in [1.82, 2.24) is 0 Å². The molecule has 0 spiro atoms. The smallest absolute Gasteiger partial charge is 0.381 e. The van der Waals surface area contributed by atoms with Crippen LogP contribution in [0.5, 0.6) is 0 Å². The molecule has 0 fully saturated rings. The van der Waals surface area contributed by atoms with Gasteiger partial charge in [-0.1, -0.05) is 33.8 Å². The Morgan fingerprint density at radius 2 is 1.70 bits per heavy atom. The zero-order valence-corrected chi connectivity index (χ0v) is 14.3. The maximum absolute atomic E-state index is 11.9. The van der Waals surface area contributed by atoms with E-state index in [1.165, 1.54) is 6.08 Å². The Kier molecular flexibility index (Phi) is 5.40. The third-order valence-corrected chi connectivity index (χ3v) is 4.39. The molecule has 23 heavy (non-hydrogen) atoms. The molecule has 0 atom stereocenters. The SMILES string of the molecule is CC1(C)C=CC(=O)C1.CC1(C)CC=C(OS(=O)(=O)C(F)(F)F)C1. The highest BCUT2D eigenvalue weighted by molar-refractivity contribution is 7.87. The van der Waals surface area contributed by atoms with Crippen molar-refractivity contribution in [1.29, 1.82) is 0 Å². The Bertz CT molecular complexity index is 626. The second-order valence-electron chi connectivity index (χ2n) is 7.16.